The van der Waals surface area contributed by atoms with Crippen LogP contribution in [0.1, 0.15) is 21.5 Å². The van der Waals surface area contributed by atoms with Gasteiger partial charge >= 0.3 is 0 Å². The minimum atomic E-state index is -0.347. The van der Waals surface area contributed by atoms with Crippen LogP contribution in [0.4, 0.5) is 11.6 Å². The molecule has 0 bridgehead atoms. The number of rotatable bonds is 6. The number of nitrogens with one attached hydrogen (secondary N) is 2. The van der Waals surface area contributed by atoms with Gasteiger partial charge in [-0.2, -0.15) is 0 Å². The Morgan fingerprint density at radius 3 is 2.48 bits per heavy atom. The highest BCUT2D eigenvalue weighted by molar-refractivity contribution is 6.31. The minimum absolute atomic E-state index is 0.331. The molecule has 27 heavy (non-hydrogen) atoms. The molecule has 3 aromatic rings. The molecule has 0 atom stereocenters. The predicted molar refractivity (Wildman–Crippen MR) is 106 cm³/mol. The maximum atomic E-state index is 12.4. The lowest BCUT2D eigenvalue weighted by atomic mass is 10.1. The summed E-state index contributed by atoms with van der Waals surface area (Å²) in [6, 6.07) is 13.2. The molecule has 0 radical (unpaired) electrons. The highest BCUT2D eigenvalue weighted by atomic mass is 35.5. The first-order valence-corrected chi connectivity index (χ1v) is 8.69. The van der Waals surface area contributed by atoms with Crippen LogP contribution in [-0.4, -0.2) is 23.0 Å². The molecule has 0 fully saturated rings. The highest BCUT2D eigenvalue weighted by Gasteiger charge is 2.11. The molecule has 0 aliphatic carbocycles. The number of carbonyl (C=O) groups is 1. The third kappa shape index (κ3) is 4.95. The van der Waals surface area contributed by atoms with Gasteiger partial charge < -0.3 is 15.4 Å². The van der Waals surface area contributed by atoms with E-state index in [9.17, 15) is 4.79 Å². The number of hydrogen-bond donors (Lipinski definition) is 2. The maximum absolute atomic E-state index is 12.4. The zero-order chi connectivity index (χ0) is 19.2. The molecular formula is C20H19ClN4O2. The monoisotopic (exact) mass is 382 g/mol. The van der Waals surface area contributed by atoms with E-state index in [1.54, 1.807) is 18.2 Å². The van der Waals surface area contributed by atoms with E-state index in [0.717, 1.165) is 5.56 Å². The first kappa shape index (κ1) is 18.7. The number of anilines is 2. The van der Waals surface area contributed by atoms with Gasteiger partial charge in [-0.3, -0.25) is 4.79 Å². The van der Waals surface area contributed by atoms with Crippen molar-refractivity contribution in [3.8, 4) is 5.75 Å². The van der Waals surface area contributed by atoms with Crippen molar-refractivity contribution in [2.45, 2.75) is 13.5 Å². The van der Waals surface area contributed by atoms with E-state index in [-0.39, 0.29) is 5.91 Å². The van der Waals surface area contributed by atoms with Gasteiger partial charge in [0, 0.05) is 24.0 Å². The first-order valence-electron chi connectivity index (χ1n) is 8.31. The summed E-state index contributed by atoms with van der Waals surface area (Å²) in [5, 5.41) is 6.38. The van der Waals surface area contributed by atoms with Crippen LogP contribution in [0, 0.1) is 6.92 Å². The Balaban J connectivity index is 1.63. The van der Waals surface area contributed by atoms with E-state index in [1.165, 1.54) is 25.1 Å². The standard InChI is InChI=1S/C20H19ClN4O2/c1-13-3-5-14(6-4-13)10-22-20-23-11-15(12-24-20)19(26)25-17-9-16(21)7-8-18(17)27-2/h3-9,11-12H,10H2,1-2H3,(H,25,26)(H,22,23,24). The molecule has 1 aromatic heterocycles. The zero-order valence-corrected chi connectivity index (χ0v) is 15.7. The Morgan fingerprint density at radius 2 is 1.81 bits per heavy atom. The number of aryl methyl sites for hydroxylation is 1. The van der Waals surface area contributed by atoms with Crippen LogP contribution < -0.4 is 15.4 Å². The van der Waals surface area contributed by atoms with Crippen molar-refractivity contribution >= 4 is 29.1 Å². The summed E-state index contributed by atoms with van der Waals surface area (Å²) in [4.78, 5) is 20.8. The summed E-state index contributed by atoms with van der Waals surface area (Å²) in [6.45, 7) is 2.65. The van der Waals surface area contributed by atoms with Crippen molar-refractivity contribution in [1.29, 1.82) is 0 Å². The van der Waals surface area contributed by atoms with Gasteiger partial charge in [0.05, 0.1) is 18.4 Å². The summed E-state index contributed by atoms with van der Waals surface area (Å²) < 4.78 is 5.22. The fraction of sp³-hybridized carbons (Fsp3) is 0.150. The van der Waals surface area contributed by atoms with Crippen LogP contribution in [0.25, 0.3) is 0 Å². The second kappa shape index (κ2) is 8.51. The van der Waals surface area contributed by atoms with Crippen LogP contribution in [-0.2, 0) is 6.54 Å². The highest BCUT2D eigenvalue weighted by Crippen LogP contribution is 2.28. The number of amides is 1. The van der Waals surface area contributed by atoms with Gasteiger partial charge in [0.1, 0.15) is 5.75 Å². The molecular weight excluding hydrogens is 364 g/mol. The van der Waals surface area contributed by atoms with Crippen LogP contribution in [0.3, 0.4) is 0 Å². The summed E-state index contributed by atoms with van der Waals surface area (Å²) in [5.41, 5.74) is 3.15. The van der Waals surface area contributed by atoms with Crippen molar-refractivity contribution in [3.63, 3.8) is 0 Å². The van der Waals surface area contributed by atoms with Gasteiger partial charge in [0.15, 0.2) is 0 Å². The molecule has 2 aromatic carbocycles. The van der Waals surface area contributed by atoms with Crippen molar-refractivity contribution in [3.05, 3.63) is 76.6 Å². The van der Waals surface area contributed by atoms with Crippen LogP contribution in [0.2, 0.25) is 5.02 Å². The second-order valence-electron chi connectivity index (χ2n) is 5.93. The van der Waals surface area contributed by atoms with E-state index < -0.39 is 0 Å². The van der Waals surface area contributed by atoms with E-state index in [4.69, 9.17) is 16.3 Å². The van der Waals surface area contributed by atoms with Gasteiger partial charge in [-0.15, -0.1) is 0 Å². The largest absolute Gasteiger partial charge is 0.495 e. The molecule has 7 heteroatoms. The van der Waals surface area contributed by atoms with Gasteiger partial charge in [0.25, 0.3) is 5.91 Å². The number of halogens is 1. The Labute approximate surface area is 162 Å². The lowest BCUT2D eigenvalue weighted by Gasteiger charge is -2.10. The van der Waals surface area contributed by atoms with E-state index in [0.29, 0.717) is 34.5 Å². The number of carbonyl (C=O) groups excluding carboxylic acids is 1. The maximum Gasteiger partial charge on any atom is 0.258 e. The smallest absolute Gasteiger partial charge is 0.258 e. The lowest BCUT2D eigenvalue weighted by Crippen LogP contribution is -2.14. The first-order chi connectivity index (χ1) is 13.0. The molecule has 0 spiro atoms. The Bertz CT molecular complexity index is 928. The molecule has 138 valence electrons. The minimum Gasteiger partial charge on any atom is -0.495 e. The third-order valence-corrected chi connectivity index (χ3v) is 4.13. The Kier molecular flexibility index (Phi) is 5.88. The van der Waals surface area contributed by atoms with Crippen LogP contribution in [0.5, 0.6) is 5.75 Å². The quantitative estimate of drug-likeness (QED) is 0.664. The zero-order valence-electron chi connectivity index (χ0n) is 15.0. The van der Waals surface area contributed by atoms with Crippen molar-refractivity contribution in [2.75, 3.05) is 17.7 Å². The van der Waals surface area contributed by atoms with E-state index in [1.807, 2.05) is 19.1 Å². The summed E-state index contributed by atoms with van der Waals surface area (Å²) in [7, 11) is 1.52. The molecule has 3 rings (SSSR count). The van der Waals surface area contributed by atoms with Crippen LogP contribution in [0.15, 0.2) is 54.9 Å². The van der Waals surface area contributed by atoms with Crippen LogP contribution >= 0.6 is 11.6 Å². The van der Waals surface area contributed by atoms with Gasteiger partial charge in [-0.1, -0.05) is 41.4 Å². The van der Waals surface area contributed by atoms with E-state index in [2.05, 4.69) is 32.7 Å². The normalized spacial score (nSPS) is 10.3. The third-order valence-electron chi connectivity index (χ3n) is 3.89. The summed E-state index contributed by atoms with van der Waals surface area (Å²) >= 11 is 5.98. The Hall–Kier alpha value is -3.12. The molecule has 6 nitrogen and oxygen atoms in total. The number of nitrogens with zero attached hydrogens (tertiary/aromatic N) is 2. The SMILES string of the molecule is COc1ccc(Cl)cc1NC(=O)c1cnc(NCc2ccc(C)cc2)nc1. The lowest BCUT2D eigenvalue weighted by molar-refractivity contribution is 0.102. The van der Waals surface area contributed by atoms with Gasteiger partial charge in [0.2, 0.25) is 5.95 Å². The molecule has 1 amide bonds. The number of methoxy groups -OCH3 is 1. The number of ether oxygens (including phenoxy) is 1. The Morgan fingerprint density at radius 1 is 1.11 bits per heavy atom. The average molecular weight is 383 g/mol. The van der Waals surface area contributed by atoms with Crippen molar-refractivity contribution in [2.24, 2.45) is 0 Å². The molecule has 1 heterocycles. The molecule has 2 N–H and O–H groups in total. The fourth-order valence-electron chi connectivity index (χ4n) is 2.40. The van der Waals surface area contributed by atoms with Gasteiger partial charge in [-0.05, 0) is 30.7 Å². The molecule has 0 aliphatic rings. The summed E-state index contributed by atoms with van der Waals surface area (Å²) in [5.74, 6) is 0.623. The molecule has 0 unspecified atom stereocenters. The number of benzene rings is 2. The predicted octanol–water partition coefficient (Wildman–Crippen LogP) is 4.31. The molecule has 0 saturated heterocycles. The summed E-state index contributed by atoms with van der Waals surface area (Å²) in [6.07, 6.45) is 2.94. The number of hydrogen-bond acceptors (Lipinski definition) is 5. The van der Waals surface area contributed by atoms with Crippen molar-refractivity contribution < 1.29 is 9.53 Å². The van der Waals surface area contributed by atoms with Crippen molar-refractivity contribution in [1.82, 2.24) is 9.97 Å². The topological polar surface area (TPSA) is 76.1 Å². The van der Waals surface area contributed by atoms with Gasteiger partial charge in [-0.25, -0.2) is 9.97 Å². The average Bonchev–Trinajstić information content (AvgIpc) is 2.68. The van der Waals surface area contributed by atoms with E-state index >= 15 is 0 Å². The second-order valence-corrected chi connectivity index (χ2v) is 6.37. The number of aromatic nitrogens is 2. The molecule has 0 aliphatic heterocycles. The molecule has 0 saturated carbocycles. The fourth-order valence-corrected chi connectivity index (χ4v) is 2.57.